The van der Waals surface area contributed by atoms with Gasteiger partial charge in [0, 0.05) is 31.2 Å². The molecular weight excluding hydrogens is 275 g/mol. The maximum absolute atomic E-state index is 6.26. The van der Waals surface area contributed by atoms with E-state index in [1.54, 1.807) is 0 Å². The van der Waals surface area contributed by atoms with Crippen LogP contribution in [0.1, 0.15) is 0 Å². The fourth-order valence-corrected chi connectivity index (χ4v) is 2.82. The summed E-state index contributed by atoms with van der Waals surface area (Å²) in [6, 6.07) is 13.3. The van der Waals surface area contributed by atoms with Gasteiger partial charge in [-0.2, -0.15) is 0 Å². The molecule has 0 amide bonds. The Hall–Kier alpha value is -0.950. The predicted molar refractivity (Wildman–Crippen MR) is 76.5 cm³/mol. The van der Waals surface area contributed by atoms with Crippen molar-refractivity contribution in [3.63, 3.8) is 0 Å². The molecule has 0 aliphatic rings. The monoisotopic (exact) mass is 280 g/mol. The number of hydrogen-bond donors (Lipinski definition) is 0. The lowest BCUT2D eigenvalue weighted by Crippen LogP contribution is -1.81. The molecule has 0 N–H and O–H groups in total. The SMILES string of the molecule is Clc1cccc2c1ccc1c(Cl)ccc(Cl)c12. The quantitative estimate of drug-likeness (QED) is 0.446. The Morgan fingerprint density at radius 3 is 2.00 bits per heavy atom. The Balaban J connectivity index is 2.65. The van der Waals surface area contributed by atoms with E-state index in [9.17, 15) is 0 Å². The van der Waals surface area contributed by atoms with Crippen molar-refractivity contribution in [1.29, 1.82) is 0 Å². The van der Waals surface area contributed by atoms with E-state index in [2.05, 4.69) is 0 Å². The first-order valence-electron chi connectivity index (χ1n) is 5.13. The van der Waals surface area contributed by atoms with Gasteiger partial charge in [0.2, 0.25) is 0 Å². The third-order valence-electron chi connectivity index (χ3n) is 2.88. The van der Waals surface area contributed by atoms with Crippen LogP contribution >= 0.6 is 34.8 Å². The van der Waals surface area contributed by atoms with E-state index in [0.717, 1.165) is 26.6 Å². The fraction of sp³-hybridized carbons (Fsp3) is 0. The van der Waals surface area contributed by atoms with Crippen molar-refractivity contribution < 1.29 is 0 Å². The zero-order chi connectivity index (χ0) is 12.0. The number of fused-ring (bicyclic) bond motifs is 3. The molecule has 3 aromatic rings. The fourth-order valence-electron chi connectivity index (χ4n) is 2.10. The van der Waals surface area contributed by atoms with Crippen molar-refractivity contribution in [3.05, 3.63) is 57.5 Å². The van der Waals surface area contributed by atoms with Crippen molar-refractivity contribution in [2.45, 2.75) is 0 Å². The largest absolute Gasteiger partial charge is 0.0837 e. The molecule has 84 valence electrons. The maximum atomic E-state index is 6.26. The molecule has 0 saturated carbocycles. The molecule has 0 heterocycles. The predicted octanol–water partition coefficient (Wildman–Crippen LogP) is 5.95. The minimum Gasteiger partial charge on any atom is -0.0837 e. The van der Waals surface area contributed by atoms with Crippen molar-refractivity contribution >= 4 is 56.3 Å². The molecule has 3 rings (SSSR count). The van der Waals surface area contributed by atoms with Crippen molar-refractivity contribution in [2.24, 2.45) is 0 Å². The van der Waals surface area contributed by atoms with Crippen LogP contribution in [0.5, 0.6) is 0 Å². The van der Waals surface area contributed by atoms with E-state index < -0.39 is 0 Å². The third kappa shape index (κ3) is 1.68. The van der Waals surface area contributed by atoms with Gasteiger partial charge in [-0.25, -0.2) is 0 Å². The first kappa shape index (κ1) is 11.2. The summed E-state index contributed by atoms with van der Waals surface area (Å²) < 4.78 is 0. The normalized spacial score (nSPS) is 11.2. The number of rotatable bonds is 0. The van der Waals surface area contributed by atoms with Gasteiger partial charge in [0.25, 0.3) is 0 Å². The summed E-state index contributed by atoms with van der Waals surface area (Å²) in [5.41, 5.74) is 0. The van der Waals surface area contributed by atoms with Crippen LogP contribution in [0.4, 0.5) is 0 Å². The first-order chi connectivity index (χ1) is 8.18. The third-order valence-corrected chi connectivity index (χ3v) is 3.85. The molecule has 0 radical (unpaired) electrons. The standard InChI is InChI=1S/C14H7Cl3/c15-11-3-1-2-9-8(11)4-5-10-12(16)6-7-13(17)14(9)10/h1-7H. The van der Waals surface area contributed by atoms with E-state index in [0.29, 0.717) is 10.0 Å². The van der Waals surface area contributed by atoms with Gasteiger partial charge in [-0.3, -0.25) is 0 Å². The maximum Gasteiger partial charge on any atom is 0.0491 e. The molecule has 0 spiro atoms. The molecule has 0 fully saturated rings. The molecule has 0 nitrogen and oxygen atoms in total. The van der Waals surface area contributed by atoms with Gasteiger partial charge in [0.15, 0.2) is 0 Å². The molecule has 3 aromatic carbocycles. The Labute approximate surface area is 114 Å². The van der Waals surface area contributed by atoms with E-state index in [1.165, 1.54) is 0 Å². The van der Waals surface area contributed by atoms with Crippen LogP contribution in [-0.2, 0) is 0 Å². The number of hydrogen-bond acceptors (Lipinski definition) is 0. The molecule has 0 saturated heterocycles. The Morgan fingerprint density at radius 2 is 1.18 bits per heavy atom. The van der Waals surface area contributed by atoms with E-state index >= 15 is 0 Å². The molecular formula is C14H7Cl3. The minimum atomic E-state index is 0.692. The Kier molecular flexibility index (Phi) is 2.67. The molecule has 0 unspecified atom stereocenters. The molecule has 0 aliphatic heterocycles. The van der Waals surface area contributed by atoms with Crippen molar-refractivity contribution in [1.82, 2.24) is 0 Å². The summed E-state index contributed by atoms with van der Waals surface area (Å²) in [7, 11) is 0. The first-order valence-corrected chi connectivity index (χ1v) is 6.27. The number of halogens is 3. The van der Waals surface area contributed by atoms with Crippen LogP contribution in [0.2, 0.25) is 15.1 Å². The van der Waals surface area contributed by atoms with Crippen LogP contribution < -0.4 is 0 Å². The average molecular weight is 282 g/mol. The van der Waals surface area contributed by atoms with E-state index in [-0.39, 0.29) is 0 Å². The van der Waals surface area contributed by atoms with Crippen LogP contribution in [0, 0.1) is 0 Å². The van der Waals surface area contributed by atoms with E-state index in [4.69, 9.17) is 34.8 Å². The van der Waals surface area contributed by atoms with Gasteiger partial charge in [-0.15, -0.1) is 0 Å². The highest BCUT2D eigenvalue weighted by Crippen LogP contribution is 2.37. The summed E-state index contributed by atoms with van der Waals surface area (Å²) in [5, 5.41) is 6.05. The summed E-state index contributed by atoms with van der Waals surface area (Å²) in [6.45, 7) is 0. The molecule has 0 bridgehead atoms. The number of benzene rings is 3. The van der Waals surface area contributed by atoms with E-state index in [1.807, 2.05) is 42.5 Å². The molecule has 3 heteroatoms. The van der Waals surface area contributed by atoms with Crippen molar-refractivity contribution in [2.75, 3.05) is 0 Å². The van der Waals surface area contributed by atoms with Crippen LogP contribution in [-0.4, -0.2) is 0 Å². The summed E-state index contributed by atoms with van der Waals surface area (Å²) in [6.07, 6.45) is 0. The van der Waals surface area contributed by atoms with Crippen molar-refractivity contribution in [3.8, 4) is 0 Å². The second-order valence-corrected chi connectivity index (χ2v) is 5.07. The average Bonchev–Trinajstić information content (AvgIpc) is 2.33. The zero-order valence-corrected chi connectivity index (χ0v) is 10.9. The molecule has 0 aliphatic carbocycles. The Morgan fingerprint density at radius 1 is 0.529 bits per heavy atom. The lowest BCUT2D eigenvalue weighted by molar-refractivity contribution is 1.76. The van der Waals surface area contributed by atoms with Gasteiger partial charge in [-0.1, -0.05) is 59.1 Å². The summed E-state index contributed by atoms with van der Waals surface area (Å²) >= 11 is 18.6. The molecule has 17 heavy (non-hydrogen) atoms. The lowest BCUT2D eigenvalue weighted by Gasteiger charge is -2.08. The smallest absolute Gasteiger partial charge is 0.0491 e. The molecule has 0 aromatic heterocycles. The van der Waals surface area contributed by atoms with Gasteiger partial charge < -0.3 is 0 Å². The highest BCUT2D eigenvalue weighted by Gasteiger charge is 2.08. The van der Waals surface area contributed by atoms with Gasteiger partial charge >= 0.3 is 0 Å². The summed E-state index contributed by atoms with van der Waals surface area (Å²) in [4.78, 5) is 0. The molecule has 0 atom stereocenters. The minimum absolute atomic E-state index is 0.692. The van der Waals surface area contributed by atoms with Gasteiger partial charge in [-0.05, 0) is 23.6 Å². The van der Waals surface area contributed by atoms with Crippen LogP contribution in [0.15, 0.2) is 42.5 Å². The topological polar surface area (TPSA) is 0 Å². The second kappa shape index (κ2) is 4.06. The lowest BCUT2D eigenvalue weighted by atomic mass is 10.0. The highest BCUT2D eigenvalue weighted by molar-refractivity contribution is 6.43. The van der Waals surface area contributed by atoms with Gasteiger partial charge in [0.05, 0.1) is 0 Å². The Bertz CT molecular complexity index is 732. The summed E-state index contributed by atoms with van der Waals surface area (Å²) in [5.74, 6) is 0. The second-order valence-electron chi connectivity index (χ2n) is 3.85. The van der Waals surface area contributed by atoms with Crippen LogP contribution in [0.3, 0.4) is 0 Å². The zero-order valence-electron chi connectivity index (χ0n) is 8.68. The van der Waals surface area contributed by atoms with Gasteiger partial charge in [0.1, 0.15) is 0 Å². The highest BCUT2D eigenvalue weighted by atomic mass is 35.5. The van der Waals surface area contributed by atoms with Crippen LogP contribution in [0.25, 0.3) is 21.5 Å².